The maximum absolute atomic E-state index is 12.9. The van der Waals surface area contributed by atoms with Crippen molar-refractivity contribution < 1.29 is 14.3 Å². The zero-order chi connectivity index (χ0) is 24.4. The second-order valence-electron chi connectivity index (χ2n) is 7.92. The van der Waals surface area contributed by atoms with E-state index < -0.39 is 0 Å². The summed E-state index contributed by atoms with van der Waals surface area (Å²) in [7, 11) is 3.05. The zero-order valence-corrected chi connectivity index (χ0v) is 20.0. The van der Waals surface area contributed by atoms with Crippen molar-refractivity contribution in [2.75, 3.05) is 19.5 Å². The van der Waals surface area contributed by atoms with Gasteiger partial charge in [0, 0.05) is 48.1 Å². The molecule has 0 aliphatic rings. The van der Waals surface area contributed by atoms with E-state index in [-0.39, 0.29) is 17.9 Å². The lowest BCUT2D eigenvalue weighted by molar-refractivity contribution is -0.116. The van der Waals surface area contributed by atoms with E-state index in [0.29, 0.717) is 41.1 Å². The van der Waals surface area contributed by atoms with Gasteiger partial charge < -0.3 is 14.8 Å². The van der Waals surface area contributed by atoms with Gasteiger partial charge in [0.2, 0.25) is 5.91 Å². The summed E-state index contributed by atoms with van der Waals surface area (Å²) in [5.74, 6) is 0.863. The third-order valence-corrected chi connectivity index (χ3v) is 6.46. The largest absolute Gasteiger partial charge is 0.493 e. The molecule has 0 saturated carbocycles. The van der Waals surface area contributed by atoms with E-state index in [0.717, 1.165) is 16.2 Å². The molecule has 0 aliphatic heterocycles. The predicted molar refractivity (Wildman–Crippen MR) is 135 cm³/mol. The van der Waals surface area contributed by atoms with Crippen molar-refractivity contribution in [2.24, 2.45) is 0 Å². The number of nitrogens with one attached hydrogen (secondary N) is 1. The standard InChI is InChI=1S/C25H23N5O4S/c1-33-21-12-18-19(13-22(21)34-2)26-15-30(24(18)32)9-3-4-23(31)27-17-7-5-16(6-8-17)20-14-29-10-11-35-25(29)28-20/h5-8,10-15H,3-4,9H2,1-2H3,(H,27,31). The molecule has 178 valence electrons. The van der Waals surface area contributed by atoms with Crippen LogP contribution in [-0.4, -0.2) is 39.1 Å². The number of aryl methyl sites for hydroxylation is 1. The van der Waals surface area contributed by atoms with E-state index in [1.807, 2.05) is 46.4 Å². The summed E-state index contributed by atoms with van der Waals surface area (Å²) >= 11 is 1.58. The summed E-state index contributed by atoms with van der Waals surface area (Å²) in [6, 6.07) is 10.9. The fraction of sp³-hybridized carbons (Fsp3) is 0.200. The number of benzene rings is 2. The number of rotatable bonds is 8. The molecule has 9 nitrogen and oxygen atoms in total. The Kier molecular flexibility index (Phi) is 6.19. The van der Waals surface area contributed by atoms with E-state index in [9.17, 15) is 9.59 Å². The van der Waals surface area contributed by atoms with E-state index in [1.54, 1.807) is 23.5 Å². The summed E-state index contributed by atoms with van der Waals surface area (Å²) in [6.07, 6.45) is 6.22. The van der Waals surface area contributed by atoms with Gasteiger partial charge in [0.15, 0.2) is 16.5 Å². The Morgan fingerprint density at radius 2 is 1.89 bits per heavy atom. The fourth-order valence-corrected chi connectivity index (χ4v) is 4.57. The van der Waals surface area contributed by atoms with Crippen molar-refractivity contribution in [1.82, 2.24) is 18.9 Å². The van der Waals surface area contributed by atoms with Crippen LogP contribution in [0.25, 0.3) is 27.1 Å². The van der Waals surface area contributed by atoms with Gasteiger partial charge in [-0.3, -0.25) is 18.6 Å². The number of amides is 1. The normalized spacial score (nSPS) is 11.1. The van der Waals surface area contributed by atoms with Gasteiger partial charge in [0.05, 0.1) is 37.1 Å². The van der Waals surface area contributed by atoms with Crippen LogP contribution in [0.5, 0.6) is 11.5 Å². The van der Waals surface area contributed by atoms with Crippen molar-refractivity contribution in [3.05, 3.63) is 70.9 Å². The number of fused-ring (bicyclic) bond motifs is 2. The van der Waals surface area contributed by atoms with Crippen LogP contribution < -0.4 is 20.3 Å². The van der Waals surface area contributed by atoms with Crippen molar-refractivity contribution in [3.8, 4) is 22.8 Å². The highest BCUT2D eigenvalue weighted by Gasteiger charge is 2.12. The Morgan fingerprint density at radius 3 is 2.63 bits per heavy atom. The lowest BCUT2D eigenvalue weighted by Gasteiger charge is -2.11. The number of anilines is 1. The number of hydrogen-bond donors (Lipinski definition) is 1. The Hall–Kier alpha value is -4.18. The maximum Gasteiger partial charge on any atom is 0.261 e. The molecular formula is C25H23N5O4S. The third kappa shape index (κ3) is 4.60. The van der Waals surface area contributed by atoms with Crippen molar-refractivity contribution in [2.45, 2.75) is 19.4 Å². The van der Waals surface area contributed by atoms with E-state index >= 15 is 0 Å². The number of imidazole rings is 1. The summed E-state index contributed by atoms with van der Waals surface area (Å²) in [6.45, 7) is 0.375. The minimum absolute atomic E-state index is 0.117. The molecule has 0 saturated heterocycles. The molecule has 0 radical (unpaired) electrons. The fourth-order valence-electron chi connectivity index (χ4n) is 3.87. The maximum atomic E-state index is 12.9. The van der Waals surface area contributed by atoms with Gasteiger partial charge >= 0.3 is 0 Å². The molecule has 10 heteroatoms. The first kappa shape index (κ1) is 22.6. The van der Waals surface area contributed by atoms with Crippen LogP contribution in [0.1, 0.15) is 12.8 Å². The molecule has 0 aliphatic carbocycles. The molecule has 0 bridgehead atoms. The highest BCUT2D eigenvalue weighted by molar-refractivity contribution is 7.15. The second kappa shape index (κ2) is 9.59. The minimum Gasteiger partial charge on any atom is -0.493 e. The number of ether oxygens (including phenoxy) is 2. The van der Waals surface area contributed by atoms with Gasteiger partial charge in [-0.1, -0.05) is 12.1 Å². The molecule has 0 unspecified atom stereocenters. The van der Waals surface area contributed by atoms with Crippen molar-refractivity contribution in [3.63, 3.8) is 0 Å². The highest BCUT2D eigenvalue weighted by atomic mass is 32.1. The first-order valence-electron chi connectivity index (χ1n) is 11.0. The topological polar surface area (TPSA) is 99.8 Å². The van der Waals surface area contributed by atoms with Crippen LogP contribution in [0, 0.1) is 0 Å². The SMILES string of the molecule is COc1cc2ncn(CCCC(=O)Nc3ccc(-c4cn5ccsc5n4)cc3)c(=O)c2cc1OC. The smallest absolute Gasteiger partial charge is 0.261 e. The number of methoxy groups -OCH3 is 2. The van der Waals surface area contributed by atoms with Crippen molar-refractivity contribution >= 4 is 38.8 Å². The molecule has 5 aromatic rings. The average molecular weight is 490 g/mol. The number of hydrogen-bond acceptors (Lipinski definition) is 7. The number of thiazole rings is 1. The van der Waals surface area contributed by atoms with Gasteiger partial charge in [0.25, 0.3) is 5.56 Å². The first-order valence-corrected chi connectivity index (χ1v) is 11.9. The summed E-state index contributed by atoms with van der Waals surface area (Å²) in [5.41, 5.74) is 2.92. The van der Waals surface area contributed by atoms with Crippen LogP contribution in [0.3, 0.4) is 0 Å². The number of carbonyl (C=O) groups excluding carboxylic acids is 1. The van der Waals surface area contributed by atoms with Gasteiger partial charge in [0.1, 0.15) is 0 Å². The van der Waals surface area contributed by atoms with Gasteiger partial charge in [-0.15, -0.1) is 11.3 Å². The Labute approximate surface area is 204 Å². The minimum atomic E-state index is -0.189. The summed E-state index contributed by atoms with van der Waals surface area (Å²) in [4.78, 5) is 35.2. The average Bonchev–Trinajstić information content (AvgIpc) is 3.48. The molecule has 1 N–H and O–H groups in total. The Morgan fingerprint density at radius 1 is 1.11 bits per heavy atom. The zero-order valence-electron chi connectivity index (χ0n) is 19.2. The predicted octanol–water partition coefficient (Wildman–Crippen LogP) is 4.21. The molecule has 3 aromatic heterocycles. The van der Waals surface area contributed by atoms with Crippen molar-refractivity contribution in [1.29, 1.82) is 0 Å². The Bertz CT molecular complexity index is 1540. The second-order valence-corrected chi connectivity index (χ2v) is 8.79. The van der Waals surface area contributed by atoms with Crippen LogP contribution in [0.4, 0.5) is 5.69 Å². The van der Waals surface area contributed by atoms with E-state index in [2.05, 4.69) is 15.3 Å². The van der Waals surface area contributed by atoms with Gasteiger partial charge in [-0.25, -0.2) is 9.97 Å². The quantitative estimate of drug-likeness (QED) is 0.351. The highest BCUT2D eigenvalue weighted by Crippen LogP contribution is 2.30. The van der Waals surface area contributed by atoms with Gasteiger partial charge in [-0.2, -0.15) is 0 Å². The molecule has 1 amide bonds. The molecule has 0 spiro atoms. The van der Waals surface area contributed by atoms with Crippen LogP contribution in [0.15, 0.2) is 65.3 Å². The van der Waals surface area contributed by atoms with Gasteiger partial charge in [-0.05, 0) is 24.6 Å². The third-order valence-electron chi connectivity index (χ3n) is 5.69. The molecular weight excluding hydrogens is 466 g/mol. The first-order chi connectivity index (χ1) is 17.1. The van der Waals surface area contributed by atoms with Crippen LogP contribution in [0.2, 0.25) is 0 Å². The summed E-state index contributed by atoms with van der Waals surface area (Å²) in [5, 5.41) is 5.33. The summed E-state index contributed by atoms with van der Waals surface area (Å²) < 4.78 is 14.1. The molecule has 0 atom stereocenters. The number of nitrogens with zero attached hydrogens (tertiary/aromatic N) is 4. The molecule has 5 rings (SSSR count). The molecule has 35 heavy (non-hydrogen) atoms. The number of aromatic nitrogens is 4. The molecule has 0 fully saturated rings. The van der Waals surface area contributed by atoms with Crippen LogP contribution >= 0.6 is 11.3 Å². The monoisotopic (exact) mass is 489 g/mol. The Balaban J connectivity index is 1.19. The molecule has 3 heterocycles. The van der Waals surface area contributed by atoms with Crippen LogP contribution in [-0.2, 0) is 11.3 Å². The lowest BCUT2D eigenvalue weighted by atomic mass is 10.1. The van der Waals surface area contributed by atoms with E-state index in [4.69, 9.17) is 9.47 Å². The molecule has 2 aromatic carbocycles. The lowest BCUT2D eigenvalue weighted by Crippen LogP contribution is -2.22. The van der Waals surface area contributed by atoms with E-state index in [1.165, 1.54) is 25.1 Å². The number of carbonyl (C=O) groups is 1.